The van der Waals surface area contributed by atoms with Gasteiger partial charge in [-0.3, -0.25) is 4.90 Å². The van der Waals surface area contributed by atoms with Crippen LogP contribution in [0.5, 0.6) is 0 Å². The number of rotatable bonds is 6. The summed E-state index contributed by atoms with van der Waals surface area (Å²) in [4.78, 5) is 2.42. The van der Waals surface area contributed by atoms with Crippen LogP contribution in [-0.4, -0.2) is 48.8 Å². The van der Waals surface area contributed by atoms with Crippen LogP contribution in [0, 0.1) is 0 Å². The highest BCUT2D eigenvalue weighted by Gasteiger charge is 2.30. The van der Waals surface area contributed by atoms with Crippen LogP contribution in [0.25, 0.3) is 0 Å². The lowest BCUT2D eigenvalue weighted by Gasteiger charge is -2.39. The van der Waals surface area contributed by atoms with Crippen molar-refractivity contribution in [3.63, 3.8) is 0 Å². The summed E-state index contributed by atoms with van der Waals surface area (Å²) >= 11 is 0. The second kappa shape index (κ2) is 7.21. The Bertz CT molecular complexity index is 395. The van der Waals surface area contributed by atoms with E-state index >= 15 is 0 Å². The first-order valence-electron chi connectivity index (χ1n) is 7.81. The second-order valence-electron chi connectivity index (χ2n) is 6.24. The van der Waals surface area contributed by atoms with Crippen LogP contribution < -0.4 is 5.32 Å². The van der Waals surface area contributed by atoms with Gasteiger partial charge in [-0.1, -0.05) is 44.2 Å². The summed E-state index contributed by atoms with van der Waals surface area (Å²) in [5, 5.41) is 13.4. The van der Waals surface area contributed by atoms with Crippen LogP contribution in [0.15, 0.2) is 30.3 Å². The summed E-state index contributed by atoms with van der Waals surface area (Å²) in [6.07, 6.45) is 1.90. The molecule has 1 heterocycles. The molecule has 1 saturated heterocycles. The Morgan fingerprint density at radius 3 is 2.75 bits per heavy atom. The molecule has 0 bridgehead atoms. The van der Waals surface area contributed by atoms with E-state index in [1.54, 1.807) is 0 Å². The number of β-amino-alcohol motifs (C(OH)–C–C–N with tert-alkyl or cyclic N) is 1. The molecule has 0 amide bonds. The smallest absolute Gasteiger partial charge is 0.0667 e. The molecule has 1 aromatic rings. The third-order valence-corrected chi connectivity index (χ3v) is 4.29. The molecule has 3 nitrogen and oxygen atoms in total. The van der Waals surface area contributed by atoms with Crippen molar-refractivity contribution in [1.29, 1.82) is 0 Å². The lowest BCUT2D eigenvalue weighted by atomic mass is 9.81. The predicted octanol–water partition coefficient (Wildman–Crippen LogP) is 2.01. The van der Waals surface area contributed by atoms with Gasteiger partial charge in [0.05, 0.1) is 6.10 Å². The quantitative estimate of drug-likeness (QED) is 0.834. The maximum Gasteiger partial charge on any atom is 0.0667 e. The molecule has 2 unspecified atom stereocenters. The molecule has 1 aliphatic heterocycles. The van der Waals surface area contributed by atoms with Crippen LogP contribution in [0.3, 0.4) is 0 Å². The molecule has 0 aromatic heterocycles. The van der Waals surface area contributed by atoms with Gasteiger partial charge in [-0.2, -0.15) is 0 Å². The van der Waals surface area contributed by atoms with Gasteiger partial charge in [-0.05, 0) is 31.5 Å². The number of likely N-dealkylation sites (tertiary alicyclic amines) is 1. The normalized spacial score (nSPS) is 23.4. The van der Waals surface area contributed by atoms with Crippen molar-refractivity contribution in [2.24, 2.45) is 0 Å². The Balaban J connectivity index is 2.10. The fourth-order valence-corrected chi connectivity index (χ4v) is 3.16. The number of aliphatic hydroxyl groups excluding tert-OH is 1. The monoisotopic (exact) mass is 276 g/mol. The van der Waals surface area contributed by atoms with Crippen molar-refractivity contribution in [3.8, 4) is 0 Å². The molecule has 1 aliphatic rings. The van der Waals surface area contributed by atoms with E-state index in [0.29, 0.717) is 0 Å². The van der Waals surface area contributed by atoms with Gasteiger partial charge in [-0.25, -0.2) is 0 Å². The lowest BCUT2D eigenvalue weighted by Crippen LogP contribution is -2.49. The number of benzene rings is 1. The number of piperidine rings is 1. The van der Waals surface area contributed by atoms with Crippen LogP contribution >= 0.6 is 0 Å². The van der Waals surface area contributed by atoms with Gasteiger partial charge >= 0.3 is 0 Å². The molecule has 2 atom stereocenters. The van der Waals surface area contributed by atoms with Crippen molar-refractivity contribution in [3.05, 3.63) is 35.9 Å². The number of likely N-dealkylation sites (N-methyl/N-ethyl adjacent to an activating group) is 1. The molecule has 20 heavy (non-hydrogen) atoms. The molecule has 112 valence electrons. The Hall–Kier alpha value is -0.900. The van der Waals surface area contributed by atoms with Crippen molar-refractivity contribution in [2.75, 3.05) is 32.7 Å². The van der Waals surface area contributed by atoms with Crippen molar-refractivity contribution in [2.45, 2.75) is 38.2 Å². The molecule has 1 aromatic carbocycles. The van der Waals surface area contributed by atoms with E-state index in [-0.39, 0.29) is 11.5 Å². The van der Waals surface area contributed by atoms with E-state index in [4.69, 9.17) is 0 Å². The first kappa shape index (κ1) is 15.5. The first-order chi connectivity index (χ1) is 9.64. The Labute approximate surface area is 123 Å². The van der Waals surface area contributed by atoms with Crippen LogP contribution in [0.4, 0.5) is 0 Å². The summed E-state index contributed by atoms with van der Waals surface area (Å²) in [6.45, 7) is 9.36. The minimum Gasteiger partial charge on any atom is -0.392 e. The molecule has 2 N–H and O–H groups in total. The van der Waals surface area contributed by atoms with Crippen LogP contribution in [0.1, 0.15) is 32.3 Å². The van der Waals surface area contributed by atoms with Crippen molar-refractivity contribution >= 4 is 0 Å². The highest BCUT2D eigenvalue weighted by Crippen LogP contribution is 2.26. The molecule has 0 radical (unpaired) electrons. The van der Waals surface area contributed by atoms with Gasteiger partial charge < -0.3 is 10.4 Å². The summed E-state index contributed by atoms with van der Waals surface area (Å²) in [7, 11) is 0. The largest absolute Gasteiger partial charge is 0.392 e. The fraction of sp³-hybridized carbons (Fsp3) is 0.647. The summed E-state index contributed by atoms with van der Waals surface area (Å²) in [5.41, 5.74) is 1.47. The van der Waals surface area contributed by atoms with Gasteiger partial charge in [0.2, 0.25) is 0 Å². The molecule has 0 spiro atoms. The zero-order chi connectivity index (χ0) is 14.4. The van der Waals surface area contributed by atoms with Crippen molar-refractivity contribution in [1.82, 2.24) is 10.2 Å². The van der Waals surface area contributed by atoms with Crippen molar-refractivity contribution < 1.29 is 5.11 Å². The number of hydrogen-bond donors (Lipinski definition) is 2. The SMILES string of the molecule is CCNCC(C)(CN1CCCC(O)C1)c1ccccc1. The second-order valence-corrected chi connectivity index (χ2v) is 6.24. The fourth-order valence-electron chi connectivity index (χ4n) is 3.16. The molecular formula is C17H28N2O. The van der Waals surface area contributed by atoms with E-state index in [2.05, 4.69) is 54.4 Å². The van der Waals surface area contributed by atoms with Gasteiger partial charge in [-0.15, -0.1) is 0 Å². The molecular weight excluding hydrogens is 248 g/mol. The van der Waals surface area contributed by atoms with Gasteiger partial charge in [0.15, 0.2) is 0 Å². The Morgan fingerprint density at radius 2 is 2.10 bits per heavy atom. The third-order valence-electron chi connectivity index (χ3n) is 4.29. The summed E-state index contributed by atoms with van der Waals surface area (Å²) in [6, 6.07) is 10.7. The van der Waals surface area contributed by atoms with E-state index < -0.39 is 0 Å². The highest BCUT2D eigenvalue weighted by atomic mass is 16.3. The maximum absolute atomic E-state index is 9.87. The van der Waals surface area contributed by atoms with Gasteiger partial charge in [0.25, 0.3) is 0 Å². The third kappa shape index (κ3) is 4.05. The number of hydrogen-bond acceptors (Lipinski definition) is 3. The lowest BCUT2D eigenvalue weighted by molar-refractivity contribution is 0.0588. The molecule has 1 fully saturated rings. The van der Waals surface area contributed by atoms with Crippen LogP contribution in [0.2, 0.25) is 0 Å². The minimum absolute atomic E-state index is 0.0916. The Morgan fingerprint density at radius 1 is 1.35 bits per heavy atom. The average molecular weight is 276 g/mol. The molecule has 2 rings (SSSR count). The standard InChI is InChI=1S/C17H28N2O/c1-3-18-13-17(2,15-8-5-4-6-9-15)14-19-11-7-10-16(20)12-19/h4-6,8-9,16,18,20H,3,7,10-14H2,1-2H3. The van der Waals surface area contributed by atoms with E-state index in [9.17, 15) is 5.11 Å². The van der Waals surface area contributed by atoms with Gasteiger partial charge in [0.1, 0.15) is 0 Å². The maximum atomic E-state index is 9.87. The summed E-state index contributed by atoms with van der Waals surface area (Å²) in [5.74, 6) is 0. The predicted molar refractivity (Wildman–Crippen MR) is 84.0 cm³/mol. The van der Waals surface area contributed by atoms with Crippen LogP contribution in [-0.2, 0) is 5.41 Å². The Kier molecular flexibility index (Phi) is 5.58. The topological polar surface area (TPSA) is 35.5 Å². The van der Waals surface area contributed by atoms with E-state index in [0.717, 1.165) is 45.6 Å². The van der Waals surface area contributed by atoms with E-state index in [1.165, 1.54) is 5.56 Å². The average Bonchev–Trinajstić information content (AvgIpc) is 2.46. The number of nitrogens with zero attached hydrogens (tertiary/aromatic N) is 1. The van der Waals surface area contributed by atoms with Gasteiger partial charge in [0, 0.05) is 25.0 Å². The summed E-state index contributed by atoms with van der Waals surface area (Å²) < 4.78 is 0. The number of aliphatic hydroxyl groups is 1. The minimum atomic E-state index is -0.150. The zero-order valence-corrected chi connectivity index (χ0v) is 12.8. The first-order valence-corrected chi connectivity index (χ1v) is 7.81. The van der Waals surface area contributed by atoms with E-state index in [1.807, 2.05) is 0 Å². The number of nitrogens with one attached hydrogen (secondary N) is 1. The molecule has 0 saturated carbocycles. The molecule has 3 heteroatoms. The molecule has 0 aliphatic carbocycles. The zero-order valence-electron chi connectivity index (χ0n) is 12.8. The highest BCUT2D eigenvalue weighted by molar-refractivity contribution is 5.25.